The molecule has 1 atom stereocenters. The number of aromatic nitrogens is 1. The van der Waals surface area contributed by atoms with Crippen molar-refractivity contribution in [2.75, 3.05) is 19.6 Å². The number of thiophene rings is 1. The molecule has 1 saturated heterocycles. The smallest absolute Gasteiger partial charge is 0.257 e. The molecule has 1 aliphatic rings. The zero-order valence-corrected chi connectivity index (χ0v) is 16.4. The van der Waals surface area contributed by atoms with Crippen LogP contribution in [0.3, 0.4) is 0 Å². The second kappa shape index (κ2) is 7.80. The Labute approximate surface area is 154 Å². The molecule has 130 valence electrons. The molecule has 0 aliphatic carbocycles. The lowest BCUT2D eigenvalue weighted by Gasteiger charge is -2.33. The molecule has 0 saturated carbocycles. The molecule has 5 nitrogen and oxygen atoms in total. The molecule has 3 rings (SSSR count). The molecule has 1 N–H and O–H groups in total. The van der Waals surface area contributed by atoms with Gasteiger partial charge in [-0.25, -0.2) is 0 Å². The van der Waals surface area contributed by atoms with Crippen LogP contribution in [0.1, 0.15) is 42.3 Å². The van der Waals surface area contributed by atoms with E-state index in [-0.39, 0.29) is 5.91 Å². The third-order valence-corrected chi connectivity index (χ3v) is 6.15. The van der Waals surface area contributed by atoms with Gasteiger partial charge in [-0.2, -0.15) is 0 Å². The number of hydrogen-bond donors (Lipinski definition) is 1. The van der Waals surface area contributed by atoms with Gasteiger partial charge in [-0.05, 0) is 61.3 Å². The Morgan fingerprint density at radius 1 is 1.50 bits per heavy atom. The van der Waals surface area contributed by atoms with Crippen LogP contribution in [-0.4, -0.2) is 41.6 Å². The summed E-state index contributed by atoms with van der Waals surface area (Å²) in [7, 11) is 0. The van der Waals surface area contributed by atoms with Gasteiger partial charge in [0.15, 0.2) is 0 Å². The zero-order chi connectivity index (χ0) is 17.1. The predicted octanol–water partition coefficient (Wildman–Crippen LogP) is 4.08. The van der Waals surface area contributed by atoms with E-state index < -0.39 is 0 Å². The number of aryl methyl sites for hydroxylation is 1. The average molecular weight is 412 g/mol. The Morgan fingerprint density at radius 3 is 3.04 bits per heavy atom. The summed E-state index contributed by atoms with van der Waals surface area (Å²) < 4.78 is 6.27. The van der Waals surface area contributed by atoms with Gasteiger partial charge in [0.1, 0.15) is 17.0 Å². The van der Waals surface area contributed by atoms with E-state index >= 15 is 0 Å². The second-order valence-corrected chi connectivity index (χ2v) is 8.67. The summed E-state index contributed by atoms with van der Waals surface area (Å²) in [6, 6.07) is 4.49. The molecular weight excluding hydrogens is 390 g/mol. The molecule has 1 amide bonds. The van der Waals surface area contributed by atoms with Crippen molar-refractivity contribution >= 4 is 33.2 Å². The van der Waals surface area contributed by atoms with E-state index in [1.165, 1.54) is 30.6 Å². The summed E-state index contributed by atoms with van der Waals surface area (Å²) in [6.45, 7) is 6.69. The van der Waals surface area contributed by atoms with E-state index in [9.17, 15) is 4.79 Å². The minimum absolute atomic E-state index is 0.113. The Kier molecular flexibility index (Phi) is 5.73. The Balaban J connectivity index is 1.64. The molecule has 1 fully saturated rings. The number of likely N-dealkylation sites (tertiary alicyclic amines) is 1. The van der Waals surface area contributed by atoms with E-state index in [2.05, 4.69) is 38.2 Å². The number of amides is 1. The number of nitrogens with zero attached hydrogens (tertiary/aromatic N) is 2. The van der Waals surface area contributed by atoms with Gasteiger partial charge in [0, 0.05) is 19.1 Å². The Morgan fingerprint density at radius 2 is 2.33 bits per heavy atom. The molecule has 7 heteroatoms. The molecule has 2 aromatic heterocycles. The molecular formula is C17H22BrN3O2S. The third kappa shape index (κ3) is 3.90. The molecule has 1 aliphatic heterocycles. The molecule has 24 heavy (non-hydrogen) atoms. The highest BCUT2D eigenvalue weighted by atomic mass is 79.9. The van der Waals surface area contributed by atoms with Crippen molar-refractivity contribution in [2.24, 2.45) is 0 Å². The predicted molar refractivity (Wildman–Crippen MR) is 99.5 cm³/mol. The van der Waals surface area contributed by atoms with Crippen LogP contribution >= 0.6 is 27.3 Å². The summed E-state index contributed by atoms with van der Waals surface area (Å²) in [5.41, 5.74) is 1.16. The summed E-state index contributed by atoms with van der Waals surface area (Å²) in [4.78, 5) is 16.0. The van der Waals surface area contributed by atoms with Gasteiger partial charge in [0.25, 0.3) is 5.91 Å². The molecule has 0 spiro atoms. The monoisotopic (exact) mass is 411 g/mol. The second-order valence-electron chi connectivity index (χ2n) is 6.20. The largest absolute Gasteiger partial charge is 0.360 e. The maximum absolute atomic E-state index is 12.6. The lowest BCUT2D eigenvalue weighted by Crippen LogP contribution is -2.42. The molecule has 0 unspecified atom stereocenters. The minimum atomic E-state index is -0.113. The fraction of sp³-hybridized carbons (Fsp3) is 0.529. The SMILES string of the molecule is Cc1onc(-c2ccc(Br)s2)c1C(=O)NCCN1CCCC[C@H]1C. The number of piperidine rings is 1. The highest BCUT2D eigenvalue weighted by molar-refractivity contribution is 9.11. The van der Waals surface area contributed by atoms with Gasteiger partial charge in [0.05, 0.1) is 8.66 Å². The first kappa shape index (κ1) is 17.6. The van der Waals surface area contributed by atoms with Gasteiger partial charge in [-0.15, -0.1) is 11.3 Å². The Hall–Kier alpha value is -1.18. The number of halogens is 1. The van der Waals surface area contributed by atoms with Crippen molar-refractivity contribution in [3.63, 3.8) is 0 Å². The summed E-state index contributed by atoms with van der Waals surface area (Å²) in [5, 5.41) is 7.10. The van der Waals surface area contributed by atoms with E-state index in [0.29, 0.717) is 29.6 Å². The summed E-state index contributed by atoms with van der Waals surface area (Å²) in [5.74, 6) is 0.441. The van der Waals surface area contributed by atoms with Crippen molar-refractivity contribution in [3.8, 4) is 10.6 Å². The van der Waals surface area contributed by atoms with Gasteiger partial charge >= 0.3 is 0 Å². The Bertz CT molecular complexity index is 713. The maximum Gasteiger partial charge on any atom is 0.257 e. The highest BCUT2D eigenvalue weighted by Gasteiger charge is 2.23. The van der Waals surface area contributed by atoms with Gasteiger partial charge in [-0.3, -0.25) is 9.69 Å². The van der Waals surface area contributed by atoms with Crippen molar-refractivity contribution < 1.29 is 9.32 Å². The van der Waals surface area contributed by atoms with Crippen LogP contribution in [0, 0.1) is 6.92 Å². The molecule has 2 aromatic rings. The minimum Gasteiger partial charge on any atom is -0.360 e. The third-order valence-electron chi connectivity index (χ3n) is 4.52. The first-order valence-corrected chi connectivity index (χ1v) is 9.91. The first-order valence-electron chi connectivity index (χ1n) is 8.30. The van der Waals surface area contributed by atoms with Crippen LogP contribution in [0.15, 0.2) is 20.4 Å². The van der Waals surface area contributed by atoms with Crippen molar-refractivity contribution in [3.05, 3.63) is 27.2 Å². The first-order chi connectivity index (χ1) is 11.6. The lowest BCUT2D eigenvalue weighted by molar-refractivity contribution is 0.0937. The summed E-state index contributed by atoms with van der Waals surface area (Å²) >= 11 is 4.98. The highest BCUT2D eigenvalue weighted by Crippen LogP contribution is 2.33. The fourth-order valence-corrected chi connectivity index (χ4v) is 4.51. The van der Waals surface area contributed by atoms with E-state index in [1.54, 1.807) is 6.92 Å². The number of hydrogen-bond acceptors (Lipinski definition) is 5. The van der Waals surface area contributed by atoms with Crippen molar-refractivity contribution in [2.45, 2.75) is 39.2 Å². The van der Waals surface area contributed by atoms with E-state index in [1.807, 2.05) is 12.1 Å². The van der Waals surface area contributed by atoms with Crippen LogP contribution in [-0.2, 0) is 0 Å². The molecule has 3 heterocycles. The van der Waals surface area contributed by atoms with Crippen molar-refractivity contribution in [1.82, 2.24) is 15.4 Å². The summed E-state index contributed by atoms with van der Waals surface area (Å²) in [6.07, 6.45) is 3.81. The average Bonchev–Trinajstić information content (AvgIpc) is 3.15. The standard InChI is InChI=1S/C17H22BrN3O2S/c1-11-5-3-4-9-21(11)10-8-19-17(22)15-12(2)23-20-16(15)13-6-7-14(18)24-13/h6-7,11H,3-5,8-10H2,1-2H3,(H,19,22)/t11-/m1/s1. The molecule has 0 bridgehead atoms. The number of carbonyl (C=O) groups is 1. The number of carbonyl (C=O) groups excluding carboxylic acids is 1. The van der Waals surface area contributed by atoms with Crippen LogP contribution in [0.2, 0.25) is 0 Å². The van der Waals surface area contributed by atoms with Crippen LogP contribution in [0.5, 0.6) is 0 Å². The lowest BCUT2D eigenvalue weighted by atomic mass is 10.0. The van der Waals surface area contributed by atoms with Crippen molar-refractivity contribution in [1.29, 1.82) is 0 Å². The van der Waals surface area contributed by atoms with Gasteiger partial charge in [-0.1, -0.05) is 11.6 Å². The van der Waals surface area contributed by atoms with Crippen LogP contribution in [0.4, 0.5) is 0 Å². The zero-order valence-electron chi connectivity index (χ0n) is 14.0. The number of nitrogens with one attached hydrogen (secondary N) is 1. The van der Waals surface area contributed by atoms with E-state index in [0.717, 1.165) is 21.8 Å². The van der Waals surface area contributed by atoms with Crippen LogP contribution < -0.4 is 5.32 Å². The molecule has 0 radical (unpaired) electrons. The quantitative estimate of drug-likeness (QED) is 0.804. The van der Waals surface area contributed by atoms with Gasteiger partial charge in [0.2, 0.25) is 0 Å². The number of rotatable bonds is 5. The normalized spacial score (nSPS) is 18.7. The van der Waals surface area contributed by atoms with E-state index in [4.69, 9.17) is 4.52 Å². The molecule has 0 aromatic carbocycles. The fourth-order valence-electron chi connectivity index (χ4n) is 3.14. The van der Waals surface area contributed by atoms with Crippen LogP contribution in [0.25, 0.3) is 10.6 Å². The topological polar surface area (TPSA) is 58.4 Å². The maximum atomic E-state index is 12.6. The van der Waals surface area contributed by atoms with Gasteiger partial charge < -0.3 is 9.84 Å².